The summed E-state index contributed by atoms with van der Waals surface area (Å²) in [5, 5.41) is 13.5. The van der Waals surface area contributed by atoms with Crippen LogP contribution in [0, 0.1) is 0 Å². The number of hydrogen-bond donors (Lipinski definition) is 2. The smallest absolute Gasteiger partial charge is 0.410 e. The fourth-order valence-corrected chi connectivity index (χ4v) is 3.38. The molecule has 1 aliphatic rings. The molecule has 9 nitrogen and oxygen atoms in total. The highest BCUT2D eigenvalue weighted by molar-refractivity contribution is 5.98. The van der Waals surface area contributed by atoms with Crippen molar-refractivity contribution in [3.05, 3.63) is 29.8 Å². The first kappa shape index (κ1) is 22.6. The van der Waals surface area contributed by atoms with Gasteiger partial charge >= 0.3 is 12.1 Å². The number of piperazine rings is 1. The number of fused-ring (bicyclic) bond motifs is 1. The van der Waals surface area contributed by atoms with Crippen molar-refractivity contribution in [2.45, 2.75) is 26.4 Å². The van der Waals surface area contributed by atoms with Crippen molar-refractivity contribution in [1.29, 1.82) is 0 Å². The molecule has 1 aliphatic heterocycles. The van der Waals surface area contributed by atoms with Gasteiger partial charge < -0.3 is 24.8 Å². The topological polar surface area (TPSA) is 104 Å². The van der Waals surface area contributed by atoms with E-state index in [2.05, 4.69) is 15.2 Å². The second kappa shape index (κ2) is 9.38. The summed E-state index contributed by atoms with van der Waals surface area (Å²) in [6.07, 6.45) is -0.285. The number of aromatic carboxylic acids is 1. The van der Waals surface area contributed by atoms with E-state index in [4.69, 9.17) is 9.47 Å². The third-order valence-corrected chi connectivity index (χ3v) is 5.00. The zero-order valence-electron chi connectivity index (χ0n) is 18.5. The summed E-state index contributed by atoms with van der Waals surface area (Å²) in [7, 11) is 1.58. The van der Waals surface area contributed by atoms with Gasteiger partial charge in [-0.3, -0.25) is 4.90 Å². The van der Waals surface area contributed by atoms with Gasteiger partial charge in [0.15, 0.2) is 0 Å². The zero-order valence-corrected chi connectivity index (χ0v) is 18.5. The number of aromatic nitrogens is 1. The molecule has 31 heavy (non-hydrogen) atoms. The monoisotopic (exact) mass is 430 g/mol. The molecular weight excluding hydrogens is 400 g/mol. The van der Waals surface area contributed by atoms with Crippen LogP contribution in [0.25, 0.3) is 10.9 Å². The highest BCUT2D eigenvalue weighted by atomic mass is 16.6. The Labute approximate surface area is 181 Å². The third-order valence-electron chi connectivity index (χ3n) is 5.00. The van der Waals surface area contributed by atoms with Gasteiger partial charge in [0, 0.05) is 50.7 Å². The Morgan fingerprint density at radius 2 is 1.87 bits per heavy atom. The first-order chi connectivity index (χ1) is 14.7. The van der Waals surface area contributed by atoms with Crippen molar-refractivity contribution in [1.82, 2.24) is 14.8 Å². The predicted molar refractivity (Wildman–Crippen MR) is 118 cm³/mol. The molecular formula is C22H30N4O5. The Morgan fingerprint density at radius 1 is 1.16 bits per heavy atom. The number of pyridine rings is 1. The van der Waals surface area contributed by atoms with Gasteiger partial charge in [-0.2, -0.15) is 0 Å². The van der Waals surface area contributed by atoms with E-state index in [1.807, 2.05) is 20.8 Å². The predicted octanol–water partition coefficient (Wildman–Crippen LogP) is 2.91. The fourth-order valence-electron chi connectivity index (χ4n) is 3.38. The van der Waals surface area contributed by atoms with Gasteiger partial charge in [0.2, 0.25) is 0 Å². The van der Waals surface area contributed by atoms with Crippen molar-refractivity contribution in [3.8, 4) is 5.75 Å². The van der Waals surface area contributed by atoms with Crippen molar-refractivity contribution in [2.75, 3.05) is 51.7 Å². The summed E-state index contributed by atoms with van der Waals surface area (Å²) in [6, 6.07) is 6.97. The molecule has 1 fully saturated rings. The number of anilines is 1. The van der Waals surface area contributed by atoms with E-state index in [1.165, 1.54) is 0 Å². The van der Waals surface area contributed by atoms with Crippen molar-refractivity contribution >= 4 is 28.8 Å². The summed E-state index contributed by atoms with van der Waals surface area (Å²) in [5.74, 6) is -0.0313. The largest absolute Gasteiger partial charge is 0.497 e. The van der Waals surface area contributed by atoms with Crippen LogP contribution in [-0.2, 0) is 4.74 Å². The number of amides is 1. The van der Waals surface area contributed by atoms with Gasteiger partial charge in [0.05, 0.1) is 12.6 Å². The molecule has 0 unspecified atom stereocenters. The first-order valence-electron chi connectivity index (χ1n) is 10.3. The van der Waals surface area contributed by atoms with E-state index in [1.54, 1.807) is 36.3 Å². The third kappa shape index (κ3) is 5.97. The molecule has 1 amide bonds. The van der Waals surface area contributed by atoms with Gasteiger partial charge in [-0.15, -0.1) is 0 Å². The molecule has 2 aromatic rings. The molecule has 0 saturated carbocycles. The zero-order chi connectivity index (χ0) is 22.6. The average Bonchev–Trinajstić information content (AvgIpc) is 2.71. The van der Waals surface area contributed by atoms with Crippen LogP contribution in [0.1, 0.15) is 31.1 Å². The Balaban J connectivity index is 1.57. The van der Waals surface area contributed by atoms with E-state index in [9.17, 15) is 14.7 Å². The quantitative estimate of drug-likeness (QED) is 0.721. The molecule has 168 valence electrons. The van der Waals surface area contributed by atoms with Gasteiger partial charge in [-0.05, 0) is 39.0 Å². The number of methoxy groups -OCH3 is 1. The Hall–Kier alpha value is -3.07. The molecule has 2 heterocycles. The number of hydrogen-bond acceptors (Lipinski definition) is 7. The Morgan fingerprint density at radius 3 is 2.48 bits per heavy atom. The Kier molecular flexibility index (Phi) is 6.84. The van der Waals surface area contributed by atoms with Crippen molar-refractivity contribution in [2.24, 2.45) is 0 Å². The highest BCUT2D eigenvalue weighted by Crippen LogP contribution is 2.24. The number of carboxylic acid groups (broad SMARTS) is 1. The maximum Gasteiger partial charge on any atom is 0.410 e. The molecule has 0 radical (unpaired) electrons. The molecule has 0 spiro atoms. The minimum Gasteiger partial charge on any atom is -0.497 e. The minimum atomic E-state index is -1.03. The fraction of sp³-hybridized carbons (Fsp3) is 0.500. The molecule has 0 bridgehead atoms. The second-order valence-corrected chi connectivity index (χ2v) is 8.48. The van der Waals surface area contributed by atoms with E-state index in [-0.39, 0.29) is 11.7 Å². The highest BCUT2D eigenvalue weighted by Gasteiger charge is 2.25. The first-order valence-corrected chi connectivity index (χ1v) is 10.3. The molecule has 0 atom stereocenters. The van der Waals surface area contributed by atoms with Crippen LogP contribution >= 0.6 is 0 Å². The number of rotatable bonds is 6. The number of carbonyl (C=O) groups is 2. The standard InChI is InChI=1S/C22H30N4O5/c1-22(2,3)31-21(29)26-11-9-25(10-12-26)8-7-23-19-17(20(27)28)13-15-5-6-16(30-4)14-18(15)24-19/h5-6,13-14H,7-12H2,1-4H3,(H,23,24)(H,27,28). The van der Waals surface area contributed by atoms with Crippen LogP contribution in [0.4, 0.5) is 10.6 Å². The van der Waals surface area contributed by atoms with Crippen LogP contribution in [-0.4, -0.2) is 83.9 Å². The van der Waals surface area contributed by atoms with E-state index in [0.717, 1.165) is 18.5 Å². The van der Waals surface area contributed by atoms with Gasteiger partial charge in [0.1, 0.15) is 22.7 Å². The molecule has 1 aromatic heterocycles. The lowest BCUT2D eigenvalue weighted by Crippen LogP contribution is -2.50. The number of carboxylic acids is 1. The molecule has 1 saturated heterocycles. The van der Waals surface area contributed by atoms with E-state index >= 15 is 0 Å². The summed E-state index contributed by atoms with van der Waals surface area (Å²) < 4.78 is 10.7. The second-order valence-electron chi connectivity index (χ2n) is 8.48. The number of nitrogens with one attached hydrogen (secondary N) is 1. The van der Waals surface area contributed by atoms with E-state index in [0.29, 0.717) is 43.3 Å². The number of nitrogens with zero attached hydrogens (tertiary/aromatic N) is 3. The normalized spacial score (nSPS) is 15.0. The molecule has 2 N–H and O–H groups in total. The molecule has 9 heteroatoms. The lowest BCUT2D eigenvalue weighted by molar-refractivity contribution is 0.0148. The molecule has 1 aromatic carbocycles. The number of ether oxygens (including phenoxy) is 2. The number of carbonyl (C=O) groups excluding carboxylic acids is 1. The van der Waals surface area contributed by atoms with Crippen molar-refractivity contribution in [3.63, 3.8) is 0 Å². The summed E-state index contributed by atoms with van der Waals surface area (Å²) in [4.78, 5) is 32.3. The Bertz CT molecular complexity index is 949. The SMILES string of the molecule is COc1ccc2cc(C(=O)O)c(NCCN3CCN(C(=O)OC(C)(C)C)CC3)nc2c1. The van der Waals surface area contributed by atoms with Crippen LogP contribution in [0.2, 0.25) is 0 Å². The maximum atomic E-state index is 12.2. The van der Waals surface area contributed by atoms with E-state index < -0.39 is 11.6 Å². The van der Waals surface area contributed by atoms with Crippen LogP contribution in [0.15, 0.2) is 24.3 Å². The molecule has 0 aliphatic carbocycles. The van der Waals surface area contributed by atoms with Crippen molar-refractivity contribution < 1.29 is 24.2 Å². The minimum absolute atomic E-state index is 0.132. The lowest BCUT2D eigenvalue weighted by atomic mass is 10.1. The van der Waals surface area contributed by atoms with Gasteiger partial charge in [-0.1, -0.05) is 0 Å². The lowest BCUT2D eigenvalue weighted by Gasteiger charge is -2.35. The van der Waals surface area contributed by atoms with Crippen LogP contribution < -0.4 is 10.1 Å². The summed E-state index contributed by atoms with van der Waals surface area (Å²) in [6.45, 7) is 9.48. The van der Waals surface area contributed by atoms with Crippen LogP contribution in [0.3, 0.4) is 0 Å². The summed E-state index contributed by atoms with van der Waals surface area (Å²) in [5.41, 5.74) is 0.293. The van der Waals surface area contributed by atoms with Crippen LogP contribution in [0.5, 0.6) is 5.75 Å². The van der Waals surface area contributed by atoms with Gasteiger partial charge in [0.25, 0.3) is 0 Å². The maximum absolute atomic E-state index is 12.2. The number of benzene rings is 1. The summed E-state index contributed by atoms with van der Waals surface area (Å²) >= 11 is 0. The van der Waals surface area contributed by atoms with Gasteiger partial charge in [-0.25, -0.2) is 14.6 Å². The molecule has 3 rings (SSSR count). The average molecular weight is 431 g/mol.